The normalized spacial score (nSPS) is 31.1. The summed E-state index contributed by atoms with van der Waals surface area (Å²) in [5.41, 5.74) is -0.390. The zero-order valence-electron chi connectivity index (χ0n) is 9.92. The van der Waals surface area contributed by atoms with Crippen LogP contribution in [0.1, 0.15) is 32.6 Å². The third-order valence-corrected chi connectivity index (χ3v) is 3.17. The number of carbonyl (C=O) groups excluding carboxylic acids is 1. The summed E-state index contributed by atoms with van der Waals surface area (Å²) in [5, 5.41) is 12.4. The molecule has 0 aromatic heterocycles. The Kier molecular flexibility index (Phi) is 3.97. The molecule has 1 fully saturated rings. The van der Waals surface area contributed by atoms with Crippen LogP contribution in [0, 0.1) is 5.92 Å². The van der Waals surface area contributed by atoms with Crippen molar-refractivity contribution in [3.63, 3.8) is 0 Å². The highest BCUT2D eigenvalue weighted by Crippen LogP contribution is 2.31. The van der Waals surface area contributed by atoms with Gasteiger partial charge in [-0.1, -0.05) is 19.8 Å². The summed E-state index contributed by atoms with van der Waals surface area (Å²) in [5.74, 6) is 0.577. The maximum Gasteiger partial charge on any atom is 0.317 e. The third kappa shape index (κ3) is 3.09. The third-order valence-electron chi connectivity index (χ3n) is 3.17. The number of urea groups is 1. The van der Waals surface area contributed by atoms with Crippen molar-refractivity contribution < 1.29 is 9.90 Å². The molecule has 0 saturated heterocycles. The molecular formula is C11H22N2O2. The molecule has 0 spiro atoms. The van der Waals surface area contributed by atoms with E-state index < -0.39 is 0 Å². The molecule has 4 nitrogen and oxygen atoms in total. The Morgan fingerprint density at radius 1 is 1.60 bits per heavy atom. The van der Waals surface area contributed by atoms with E-state index in [4.69, 9.17) is 0 Å². The van der Waals surface area contributed by atoms with E-state index in [0.717, 1.165) is 19.3 Å². The van der Waals surface area contributed by atoms with Crippen LogP contribution in [0.4, 0.5) is 4.79 Å². The minimum atomic E-state index is -0.390. The molecule has 0 radical (unpaired) electrons. The Morgan fingerprint density at radius 2 is 2.27 bits per heavy atom. The van der Waals surface area contributed by atoms with Gasteiger partial charge in [0.1, 0.15) is 0 Å². The molecule has 4 heteroatoms. The summed E-state index contributed by atoms with van der Waals surface area (Å²) in [4.78, 5) is 13.1. The van der Waals surface area contributed by atoms with Crippen molar-refractivity contribution in [1.82, 2.24) is 10.2 Å². The first-order valence-corrected chi connectivity index (χ1v) is 5.59. The van der Waals surface area contributed by atoms with Gasteiger partial charge in [0, 0.05) is 14.1 Å². The van der Waals surface area contributed by atoms with Gasteiger partial charge in [-0.25, -0.2) is 4.79 Å². The Hall–Kier alpha value is -0.770. The van der Waals surface area contributed by atoms with Gasteiger partial charge in [-0.15, -0.1) is 0 Å². The van der Waals surface area contributed by atoms with E-state index in [1.165, 1.54) is 11.3 Å². The fourth-order valence-electron chi connectivity index (χ4n) is 2.30. The van der Waals surface area contributed by atoms with Crippen LogP contribution in [0.15, 0.2) is 0 Å². The maximum atomic E-state index is 11.6. The predicted molar refractivity (Wildman–Crippen MR) is 59.7 cm³/mol. The molecule has 1 aliphatic carbocycles. The van der Waals surface area contributed by atoms with E-state index in [1.807, 2.05) is 0 Å². The number of carbonyl (C=O) groups is 1. The second-order valence-corrected chi connectivity index (χ2v) is 4.96. The van der Waals surface area contributed by atoms with Crippen molar-refractivity contribution in [2.24, 2.45) is 5.92 Å². The topological polar surface area (TPSA) is 52.6 Å². The lowest BCUT2D eigenvalue weighted by Gasteiger charge is -2.39. The quantitative estimate of drug-likeness (QED) is 0.725. The lowest BCUT2D eigenvalue weighted by Crippen LogP contribution is -2.56. The zero-order chi connectivity index (χ0) is 11.5. The van der Waals surface area contributed by atoms with Gasteiger partial charge in [0.2, 0.25) is 0 Å². The maximum absolute atomic E-state index is 11.6. The second kappa shape index (κ2) is 4.84. The smallest absolute Gasteiger partial charge is 0.317 e. The van der Waals surface area contributed by atoms with Crippen LogP contribution in [-0.2, 0) is 0 Å². The molecule has 0 heterocycles. The van der Waals surface area contributed by atoms with Crippen LogP contribution in [-0.4, -0.2) is 42.3 Å². The van der Waals surface area contributed by atoms with Crippen LogP contribution >= 0.6 is 0 Å². The molecule has 2 N–H and O–H groups in total. The zero-order valence-corrected chi connectivity index (χ0v) is 9.92. The number of aliphatic hydroxyl groups excluding tert-OH is 1. The van der Waals surface area contributed by atoms with Gasteiger partial charge < -0.3 is 15.3 Å². The van der Waals surface area contributed by atoms with Gasteiger partial charge in [-0.2, -0.15) is 0 Å². The number of rotatable bonds is 2. The first kappa shape index (κ1) is 12.3. The average Bonchev–Trinajstić information content (AvgIpc) is 2.17. The minimum absolute atomic E-state index is 0.0386. The van der Waals surface area contributed by atoms with Crippen molar-refractivity contribution in [1.29, 1.82) is 0 Å². The largest absolute Gasteiger partial charge is 0.394 e. The Balaban J connectivity index is 2.63. The Bertz CT molecular complexity index is 231. The summed E-state index contributed by atoms with van der Waals surface area (Å²) in [6.07, 6.45) is 4.03. The molecule has 2 amide bonds. The van der Waals surface area contributed by atoms with E-state index in [1.54, 1.807) is 14.1 Å². The van der Waals surface area contributed by atoms with Gasteiger partial charge in [-0.3, -0.25) is 0 Å². The molecule has 1 rings (SSSR count). The van der Waals surface area contributed by atoms with Gasteiger partial charge >= 0.3 is 6.03 Å². The fraction of sp³-hybridized carbons (Fsp3) is 0.909. The van der Waals surface area contributed by atoms with E-state index in [2.05, 4.69) is 12.2 Å². The highest BCUT2D eigenvalue weighted by molar-refractivity contribution is 5.74. The Labute approximate surface area is 91.6 Å². The van der Waals surface area contributed by atoms with Crippen molar-refractivity contribution >= 4 is 6.03 Å². The van der Waals surface area contributed by atoms with E-state index in [0.29, 0.717) is 5.92 Å². The molecule has 88 valence electrons. The standard InChI is InChI=1S/C11H22N2O2/c1-9-5-4-6-11(7-9,8-14)12-10(15)13(2)3/h9,14H,4-8H2,1-3H3,(H,12,15). The molecule has 1 saturated carbocycles. The lowest BCUT2D eigenvalue weighted by atomic mass is 9.77. The first-order valence-electron chi connectivity index (χ1n) is 5.59. The number of nitrogens with one attached hydrogen (secondary N) is 1. The van der Waals surface area contributed by atoms with Crippen LogP contribution < -0.4 is 5.32 Å². The predicted octanol–water partition coefficient (Wildman–Crippen LogP) is 1.20. The first-order chi connectivity index (χ1) is 6.99. The fourth-order valence-corrected chi connectivity index (χ4v) is 2.30. The SMILES string of the molecule is CC1CCCC(CO)(NC(=O)N(C)C)C1. The Morgan fingerprint density at radius 3 is 2.73 bits per heavy atom. The molecule has 2 unspecified atom stereocenters. The second-order valence-electron chi connectivity index (χ2n) is 4.96. The van der Waals surface area contributed by atoms with Crippen LogP contribution in [0.3, 0.4) is 0 Å². The number of aliphatic hydroxyl groups is 1. The van der Waals surface area contributed by atoms with E-state index in [-0.39, 0.29) is 18.2 Å². The van der Waals surface area contributed by atoms with Gasteiger partial charge in [0.05, 0.1) is 12.1 Å². The molecule has 0 aliphatic heterocycles. The highest BCUT2D eigenvalue weighted by Gasteiger charge is 2.35. The van der Waals surface area contributed by atoms with Crippen molar-refractivity contribution in [2.75, 3.05) is 20.7 Å². The van der Waals surface area contributed by atoms with E-state index >= 15 is 0 Å². The molecule has 0 bridgehead atoms. The number of hydrogen-bond donors (Lipinski definition) is 2. The number of nitrogens with zero attached hydrogens (tertiary/aromatic N) is 1. The summed E-state index contributed by atoms with van der Waals surface area (Å²) in [6.45, 7) is 2.21. The summed E-state index contributed by atoms with van der Waals surface area (Å²) < 4.78 is 0. The average molecular weight is 214 g/mol. The number of hydrogen-bond acceptors (Lipinski definition) is 2. The lowest BCUT2D eigenvalue weighted by molar-refractivity contribution is 0.100. The summed E-state index contributed by atoms with van der Waals surface area (Å²) in [7, 11) is 3.43. The summed E-state index contributed by atoms with van der Waals surface area (Å²) in [6, 6.07) is -0.113. The molecule has 0 aromatic rings. The van der Waals surface area contributed by atoms with Gasteiger partial charge in [-0.05, 0) is 18.8 Å². The van der Waals surface area contributed by atoms with Crippen molar-refractivity contribution in [3.8, 4) is 0 Å². The van der Waals surface area contributed by atoms with Crippen LogP contribution in [0.2, 0.25) is 0 Å². The van der Waals surface area contributed by atoms with Crippen molar-refractivity contribution in [2.45, 2.75) is 38.1 Å². The molecule has 1 aliphatic rings. The van der Waals surface area contributed by atoms with Crippen molar-refractivity contribution in [3.05, 3.63) is 0 Å². The highest BCUT2D eigenvalue weighted by atomic mass is 16.3. The molecular weight excluding hydrogens is 192 g/mol. The van der Waals surface area contributed by atoms with Gasteiger partial charge in [0.15, 0.2) is 0 Å². The van der Waals surface area contributed by atoms with Gasteiger partial charge in [0.25, 0.3) is 0 Å². The minimum Gasteiger partial charge on any atom is -0.394 e. The molecule has 15 heavy (non-hydrogen) atoms. The summed E-state index contributed by atoms with van der Waals surface area (Å²) >= 11 is 0. The monoisotopic (exact) mass is 214 g/mol. The van der Waals surface area contributed by atoms with E-state index in [9.17, 15) is 9.90 Å². The molecule has 0 aromatic carbocycles. The molecule has 2 atom stereocenters. The van der Waals surface area contributed by atoms with Crippen LogP contribution in [0.5, 0.6) is 0 Å². The number of amides is 2. The van der Waals surface area contributed by atoms with Crippen LogP contribution in [0.25, 0.3) is 0 Å².